The lowest BCUT2D eigenvalue weighted by Crippen LogP contribution is -2.41. The molecule has 0 atom stereocenters. The van der Waals surface area contributed by atoms with Gasteiger partial charge in [-0.3, -0.25) is 9.89 Å². The van der Waals surface area contributed by atoms with E-state index in [1.54, 1.807) is 0 Å². The maximum Gasteiger partial charge on any atom is 0.288 e. The SMILES string of the molecule is Nc1n[nH]c(C(=O)NCC2(CO)CCCCC2)n1. The number of nitrogens with zero attached hydrogens (tertiary/aromatic N) is 2. The number of rotatable bonds is 4. The maximum atomic E-state index is 11.8. The monoisotopic (exact) mass is 253 g/mol. The van der Waals surface area contributed by atoms with Crippen LogP contribution >= 0.6 is 0 Å². The normalized spacial score (nSPS) is 18.5. The summed E-state index contributed by atoms with van der Waals surface area (Å²) in [4.78, 5) is 15.5. The van der Waals surface area contributed by atoms with Gasteiger partial charge < -0.3 is 16.2 Å². The highest BCUT2D eigenvalue weighted by Gasteiger charge is 2.32. The van der Waals surface area contributed by atoms with Crippen molar-refractivity contribution in [1.29, 1.82) is 0 Å². The molecule has 0 aromatic carbocycles. The predicted octanol–water partition coefficient (Wildman–Crippen LogP) is 0.0595. The lowest BCUT2D eigenvalue weighted by molar-refractivity contribution is 0.0713. The number of aliphatic hydroxyl groups excluding tert-OH is 1. The van der Waals surface area contributed by atoms with E-state index in [-0.39, 0.29) is 29.7 Å². The van der Waals surface area contributed by atoms with Crippen LogP contribution in [-0.4, -0.2) is 39.3 Å². The van der Waals surface area contributed by atoms with Crippen LogP contribution in [0, 0.1) is 5.41 Å². The summed E-state index contributed by atoms with van der Waals surface area (Å²) in [6.45, 7) is 0.564. The number of carbonyl (C=O) groups excluding carboxylic acids is 1. The predicted molar refractivity (Wildman–Crippen MR) is 65.7 cm³/mol. The molecule has 5 N–H and O–H groups in total. The fourth-order valence-corrected chi connectivity index (χ4v) is 2.42. The summed E-state index contributed by atoms with van der Waals surface area (Å²) in [5, 5.41) is 18.4. The van der Waals surface area contributed by atoms with Crippen molar-refractivity contribution in [2.45, 2.75) is 32.1 Å². The van der Waals surface area contributed by atoms with Crippen LogP contribution in [0.15, 0.2) is 0 Å². The van der Waals surface area contributed by atoms with Gasteiger partial charge in [0.25, 0.3) is 5.91 Å². The van der Waals surface area contributed by atoms with Gasteiger partial charge in [-0.25, -0.2) is 0 Å². The zero-order valence-corrected chi connectivity index (χ0v) is 10.3. The van der Waals surface area contributed by atoms with Gasteiger partial charge in [-0.2, -0.15) is 4.98 Å². The Kier molecular flexibility index (Phi) is 3.81. The Bertz CT molecular complexity index is 411. The summed E-state index contributed by atoms with van der Waals surface area (Å²) in [6.07, 6.45) is 5.30. The van der Waals surface area contributed by atoms with E-state index in [1.807, 2.05) is 0 Å². The number of aromatic amines is 1. The van der Waals surface area contributed by atoms with Gasteiger partial charge in [-0.1, -0.05) is 19.3 Å². The minimum Gasteiger partial charge on any atom is -0.396 e. The van der Waals surface area contributed by atoms with Crippen LogP contribution in [0.5, 0.6) is 0 Å². The van der Waals surface area contributed by atoms with Crippen LogP contribution in [0.25, 0.3) is 0 Å². The lowest BCUT2D eigenvalue weighted by Gasteiger charge is -2.35. The van der Waals surface area contributed by atoms with Gasteiger partial charge in [-0.05, 0) is 12.8 Å². The number of aliphatic hydroxyl groups is 1. The van der Waals surface area contributed by atoms with Crippen LogP contribution in [0.1, 0.15) is 42.7 Å². The molecule has 18 heavy (non-hydrogen) atoms. The minimum atomic E-state index is -0.336. The van der Waals surface area contributed by atoms with Crippen LogP contribution in [-0.2, 0) is 0 Å². The Labute approximate surface area is 105 Å². The van der Waals surface area contributed by atoms with E-state index in [1.165, 1.54) is 6.42 Å². The molecule has 1 aliphatic carbocycles. The molecule has 7 heteroatoms. The Morgan fingerprint density at radius 3 is 2.72 bits per heavy atom. The van der Waals surface area contributed by atoms with Gasteiger partial charge in [0.2, 0.25) is 11.8 Å². The molecule has 0 unspecified atom stereocenters. The number of nitrogen functional groups attached to an aromatic ring is 1. The second-order valence-corrected chi connectivity index (χ2v) is 4.94. The van der Waals surface area contributed by atoms with E-state index in [0.29, 0.717) is 6.54 Å². The molecule has 1 amide bonds. The molecule has 1 aromatic rings. The van der Waals surface area contributed by atoms with E-state index >= 15 is 0 Å². The topological polar surface area (TPSA) is 117 Å². The third kappa shape index (κ3) is 2.79. The van der Waals surface area contributed by atoms with Gasteiger partial charge in [0.15, 0.2) is 0 Å². The van der Waals surface area contributed by atoms with Gasteiger partial charge >= 0.3 is 0 Å². The highest BCUT2D eigenvalue weighted by molar-refractivity contribution is 5.90. The maximum absolute atomic E-state index is 11.8. The number of hydrogen-bond acceptors (Lipinski definition) is 5. The van der Waals surface area contributed by atoms with E-state index in [2.05, 4.69) is 20.5 Å². The quantitative estimate of drug-likeness (QED) is 0.605. The van der Waals surface area contributed by atoms with Crippen molar-refractivity contribution in [3.05, 3.63) is 5.82 Å². The Hall–Kier alpha value is -1.63. The summed E-state index contributed by atoms with van der Waals surface area (Å²) in [6, 6.07) is 0. The molecular weight excluding hydrogens is 234 g/mol. The number of nitrogens with one attached hydrogen (secondary N) is 2. The number of amides is 1. The van der Waals surface area contributed by atoms with Crippen molar-refractivity contribution >= 4 is 11.9 Å². The van der Waals surface area contributed by atoms with Gasteiger partial charge in [0.1, 0.15) is 0 Å². The van der Waals surface area contributed by atoms with Gasteiger partial charge in [0.05, 0.1) is 6.61 Å². The smallest absolute Gasteiger partial charge is 0.288 e. The average Bonchev–Trinajstić information content (AvgIpc) is 2.84. The third-order valence-electron chi connectivity index (χ3n) is 3.59. The Balaban J connectivity index is 1.91. The number of aromatic nitrogens is 3. The summed E-state index contributed by atoms with van der Waals surface area (Å²) in [7, 11) is 0. The molecule has 0 radical (unpaired) electrons. The Morgan fingerprint density at radius 2 is 2.17 bits per heavy atom. The molecule has 1 aromatic heterocycles. The van der Waals surface area contributed by atoms with Crippen LogP contribution in [0.4, 0.5) is 5.95 Å². The van der Waals surface area contributed by atoms with Crippen molar-refractivity contribution in [2.75, 3.05) is 18.9 Å². The second-order valence-electron chi connectivity index (χ2n) is 4.94. The average molecular weight is 253 g/mol. The highest BCUT2D eigenvalue weighted by Crippen LogP contribution is 2.35. The van der Waals surface area contributed by atoms with Crippen molar-refractivity contribution in [2.24, 2.45) is 5.41 Å². The fourth-order valence-electron chi connectivity index (χ4n) is 2.42. The standard InChI is InChI=1S/C11H19N5O2/c12-10-14-8(15-16-10)9(18)13-6-11(7-17)4-2-1-3-5-11/h17H,1-7H2,(H,13,18)(H3,12,14,15,16). The molecule has 1 heterocycles. The highest BCUT2D eigenvalue weighted by atomic mass is 16.3. The zero-order chi connectivity index (χ0) is 13.0. The van der Waals surface area contributed by atoms with Gasteiger partial charge in [-0.15, -0.1) is 5.10 Å². The molecular formula is C11H19N5O2. The molecule has 0 spiro atoms. The molecule has 1 aliphatic rings. The number of hydrogen-bond donors (Lipinski definition) is 4. The summed E-state index contributed by atoms with van der Waals surface area (Å²) < 4.78 is 0. The van der Waals surface area contributed by atoms with Crippen molar-refractivity contribution in [3.63, 3.8) is 0 Å². The van der Waals surface area contributed by atoms with E-state index in [9.17, 15) is 9.90 Å². The second kappa shape index (κ2) is 5.34. The first-order chi connectivity index (χ1) is 8.65. The van der Waals surface area contributed by atoms with Crippen molar-refractivity contribution < 1.29 is 9.90 Å². The fraction of sp³-hybridized carbons (Fsp3) is 0.727. The van der Waals surface area contributed by atoms with E-state index in [0.717, 1.165) is 25.7 Å². The summed E-state index contributed by atoms with van der Waals surface area (Å²) in [5.74, 6) is -0.177. The van der Waals surface area contributed by atoms with Crippen LogP contribution in [0.3, 0.4) is 0 Å². The molecule has 1 saturated carbocycles. The minimum absolute atomic E-state index is 0.0506. The molecule has 1 fully saturated rings. The first-order valence-corrected chi connectivity index (χ1v) is 6.22. The molecule has 0 aliphatic heterocycles. The molecule has 7 nitrogen and oxygen atoms in total. The van der Waals surface area contributed by atoms with Crippen molar-refractivity contribution in [3.8, 4) is 0 Å². The zero-order valence-electron chi connectivity index (χ0n) is 10.3. The molecule has 0 bridgehead atoms. The molecule has 2 rings (SSSR count). The van der Waals surface area contributed by atoms with E-state index < -0.39 is 0 Å². The Morgan fingerprint density at radius 1 is 1.44 bits per heavy atom. The number of H-pyrrole nitrogens is 1. The number of carbonyl (C=O) groups is 1. The van der Waals surface area contributed by atoms with Crippen molar-refractivity contribution in [1.82, 2.24) is 20.5 Å². The largest absolute Gasteiger partial charge is 0.396 e. The van der Waals surface area contributed by atoms with Gasteiger partial charge in [0, 0.05) is 12.0 Å². The lowest BCUT2D eigenvalue weighted by atomic mass is 9.74. The summed E-state index contributed by atoms with van der Waals surface area (Å²) in [5.41, 5.74) is 5.15. The molecule has 100 valence electrons. The first-order valence-electron chi connectivity index (χ1n) is 6.22. The van der Waals surface area contributed by atoms with Crippen LogP contribution in [0.2, 0.25) is 0 Å². The van der Waals surface area contributed by atoms with Crippen LogP contribution < -0.4 is 11.1 Å². The number of anilines is 1. The first kappa shape index (κ1) is 12.8. The van der Waals surface area contributed by atoms with E-state index in [4.69, 9.17) is 5.73 Å². The third-order valence-corrected chi connectivity index (χ3v) is 3.59. The summed E-state index contributed by atoms with van der Waals surface area (Å²) >= 11 is 0. The molecule has 0 saturated heterocycles. The number of nitrogens with two attached hydrogens (primary N) is 1.